The molecule has 0 aromatic carbocycles. The van der Waals surface area contributed by atoms with Gasteiger partial charge in [-0.15, -0.1) is 0 Å². The molecule has 1 N–H and O–H groups in total. The molecule has 0 saturated carbocycles. The zero-order valence-electron chi connectivity index (χ0n) is 16.6. The summed E-state index contributed by atoms with van der Waals surface area (Å²) >= 11 is 0. The van der Waals surface area contributed by atoms with Crippen LogP contribution in [0.3, 0.4) is 0 Å². The molecule has 0 aliphatic carbocycles. The number of aliphatic hydroxyl groups excluding tert-OH is 1. The SMILES string of the molecule is C=[N+](Cc1ccc(S(=O)(=CC)N2CC[N+](C)(C3COC3)CC2)cn1)C(C)O. The third-order valence-electron chi connectivity index (χ3n) is 5.95. The second-order valence-electron chi connectivity index (χ2n) is 7.72. The van der Waals surface area contributed by atoms with Gasteiger partial charge in [-0.25, -0.2) is 13.1 Å². The number of hydrogen-bond acceptors (Lipinski definition) is 4. The Bertz CT molecular complexity index is 788. The molecular weight excluding hydrogens is 364 g/mol. The smallest absolute Gasteiger partial charge is 0.251 e. The third kappa shape index (κ3) is 4.09. The summed E-state index contributed by atoms with van der Waals surface area (Å²) in [5.41, 5.74) is 0.792. The molecular formula is C19H32N4O3S+2. The van der Waals surface area contributed by atoms with Crippen LogP contribution in [0.2, 0.25) is 0 Å². The monoisotopic (exact) mass is 396 g/mol. The Balaban J connectivity index is 1.72. The van der Waals surface area contributed by atoms with E-state index in [1.54, 1.807) is 17.7 Å². The van der Waals surface area contributed by atoms with Gasteiger partial charge in [0.15, 0.2) is 6.54 Å². The van der Waals surface area contributed by atoms with E-state index in [0.717, 1.165) is 54.5 Å². The van der Waals surface area contributed by atoms with E-state index in [1.807, 2.05) is 24.4 Å². The summed E-state index contributed by atoms with van der Waals surface area (Å²) in [7, 11) is -0.125. The maximum absolute atomic E-state index is 13.8. The van der Waals surface area contributed by atoms with Crippen molar-refractivity contribution in [3.8, 4) is 0 Å². The van der Waals surface area contributed by atoms with Crippen LogP contribution in [0.25, 0.3) is 0 Å². The van der Waals surface area contributed by atoms with Crippen LogP contribution in [-0.2, 0) is 21.0 Å². The molecule has 2 saturated heterocycles. The van der Waals surface area contributed by atoms with Gasteiger partial charge in [0.2, 0.25) is 0 Å². The van der Waals surface area contributed by atoms with Gasteiger partial charge in [0, 0.05) is 13.1 Å². The minimum absolute atomic E-state index is 0.442. The van der Waals surface area contributed by atoms with Gasteiger partial charge in [-0.2, -0.15) is 0 Å². The van der Waals surface area contributed by atoms with Crippen molar-refractivity contribution in [3.05, 3.63) is 24.0 Å². The topological polar surface area (TPSA) is 65.7 Å². The molecule has 2 aliphatic rings. The van der Waals surface area contributed by atoms with Crippen LogP contribution in [-0.4, -0.2) is 98.5 Å². The molecule has 2 fully saturated rings. The Morgan fingerprint density at radius 2 is 2.15 bits per heavy atom. The molecule has 2 unspecified atom stereocenters. The fourth-order valence-electron chi connectivity index (χ4n) is 3.57. The number of likely N-dealkylation sites (N-methyl/N-ethyl adjacent to an activating group) is 1. The molecule has 3 rings (SSSR count). The third-order valence-corrected chi connectivity index (χ3v) is 8.64. The number of aromatic nitrogens is 1. The van der Waals surface area contributed by atoms with Crippen LogP contribution in [0.5, 0.6) is 0 Å². The van der Waals surface area contributed by atoms with E-state index >= 15 is 0 Å². The van der Waals surface area contributed by atoms with Crippen molar-refractivity contribution in [1.82, 2.24) is 9.29 Å². The lowest BCUT2D eigenvalue weighted by Crippen LogP contribution is -2.67. The first-order valence-corrected chi connectivity index (χ1v) is 11.1. The molecule has 150 valence electrons. The summed E-state index contributed by atoms with van der Waals surface area (Å²) in [6.45, 7) is 13.0. The molecule has 8 heteroatoms. The van der Waals surface area contributed by atoms with E-state index in [1.165, 1.54) is 0 Å². The molecule has 0 radical (unpaired) electrons. The standard InChI is InChI=1S/C19H32N4O3S/c1-5-27(25,19-7-6-17(20-12-19)13-21(3)16(2)24)22-8-10-23(4,11-9-22)18-14-26-15-18/h5-7,12,16,18,24H,3,8-11,13-15H2,1-2,4H3/q+2. The van der Waals surface area contributed by atoms with Crippen molar-refractivity contribution < 1.29 is 23.1 Å². The van der Waals surface area contributed by atoms with Crippen molar-refractivity contribution in [2.24, 2.45) is 0 Å². The summed E-state index contributed by atoms with van der Waals surface area (Å²) in [6, 6.07) is 4.34. The van der Waals surface area contributed by atoms with Crippen molar-refractivity contribution in [3.63, 3.8) is 0 Å². The summed E-state index contributed by atoms with van der Waals surface area (Å²) in [4.78, 5) is 5.19. The first kappa shape index (κ1) is 20.4. The Hall–Kier alpha value is -1.32. The van der Waals surface area contributed by atoms with Gasteiger partial charge in [-0.3, -0.25) is 4.98 Å². The number of piperazine rings is 1. The predicted octanol–water partition coefficient (Wildman–Crippen LogP) is 0.174. The highest BCUT2D eigenvalue weighted by Crippen LogP contribution is 2.25. The van der Waals surface area contributed by atoms with E-state index in [4.69, 9.17) is 4.74 Å². The van der Waals surface area contributed by atoms with E-state index in [0.29, 0.717) is 12.6 Å². The highest BCUT2D eigenvalue weighted by Gasteiger charge is 2.42. The van der Waals surface area contributed by atoms with Gasteiger partial charge >= 0.3 is 0 Å². The second-order valence-corrected chi connectivity index (χ2v) is 10.3. The molecule has 3 heterocycles. The largest absolute Gasteiger partial charge is 0.369 e. The van der Waals surface area contributed by atoms with Gasteiger partial charge in [-0.1, -0.05) is 0 Å². The summed E-state index contributed by atoms with van der Waals surface area (Å²) in [5, 5.41) is 11.4. The fourth-order valence-corrected chi connectivity index (χ4v) is 5.62. The zero-order valence-corrected chi connectivity index (χ0v) is 17.4. The number of hydrogen-bond donors (Lipinski definition) is 1. The lowest BCUT2D eigenvalue weighted by Gasteiger charge is -2.49. The van der Waals surface area contributed by atoms with Crippen LogP contribution < -0.4 is 0 Å². The lowest BCUT2D eigenvalue weighted by atomic mass is 10.1. The van der Waals surface area contributed by atoms with Gasteiger partial charge in [0.05, 0.1) is 47.8 Å². The van der Waals surface area contributed by atoms with E-state index in [9.17, 15) is 9.32 Å². The summed E-state index contributed by atoms with van der Waals surface area (Å²) in [5.74, 6) is 0. The molecule has 2 atom stereocenters. The average molecular weight is 397 g/mol. The number of aliphatic hydroxyl groups is 1. The average Bonchev–Trinajstić information content (AvgIpc) is 2.60. The van der Waals surface area contributed by atoms with Crippen LogP contribution in [0.15, 0.2) is 23.2 Å². The first-order chi connectivity index (χ1) is 12.8. The first-order valence-electron chi connectivity index (χ1n) is 9.49. The van der Waals surface area contributed by atoms with Gasteiger partial charge in [0.25, 0.3) is 6.23 Å². The minimum Gasteiger partial charge on any atom is -0.369 e. The molecule has 1 aromatic rings. The van der Waals surface area contributed by atoms with Crippen molar-refractivity contribution >= 4 is 21.8 Å². The number of nitrogens with zero attached hydrogens (tertiary/aromatic N) is 4. The second kappa shape index (κ2) is 7.97. The molecule has 1 aromatic heterocycles. The Kier molecular flexibility index (Phi) is 6.02. The van der Waals surface area contributed by atoms with E-state index in [2.05, 4.69) is 23.1 Å². The fraction of sp³-hybridized carbons (Fsp3) is 0.632. The highest BCUT2D eigenvalue weighted by atomic mass is 32.2. The van der Waals surface area contributed by atoms with Gasteiger partial charge in [-0.05, 0) is 24.4 Å². The predicted molar refractivity (Wildman–Crippen MR) is 107 cm³/mol. The molecule has 2 aliphatic heterocycles. The number of rotatable bonds is 6. The van der Waals surface area contributed by atoms with E-state index in [-0.39, 0.29) is 0 Å². The molecule has 0 spiro atoms. The Morgan fingerprint density at radius 1 is 1.48 bits per heavy atom. The van der Waals surface area contributed by atoms with Gasteiger partial charge < -0.3 is 14.3 Å². The molecule has 27 heavy (non-hydrogen) atoms. The molecule has 7 nitrogen and oxygen atoms in total. The van der Waals surface area contributed by atoms with Crippen molar-refractivity contribution in [2.75, 3.05) is 46.4 Å². The van der Waals surface area contributed by atoms with Crippen LogP contribution >= 0.6 is 0 Å². The minimum atomic E-state index is -2.41. The number of ether oxygens (including phenoxy) is 1. The normalized spacial score (nSPS) is 23.9. The lowest BCUT2D eigenvalue weighted by molar-refractivity contribution is -0.945. The summed E-state index contributed by atoms with van der Waals surface area (Å²) < 4.78 is 23.8. The molecule has 0 amide bonds. The zero-order chi connectivity index (χ0) is 19.7. The number of quaternary nitrogens is 1. The maximum atomic E-state index is 13.8. The Morgan fingerprint density at radius 3 is 2.59 bits per heavy atom. The molecule has 0 bridgehead atoms. The van der Waals surface area contributed by atoms with Crippen LogP contribution in [0.4, 0.5) is 0 Å². The van der Waals surface area contributed by atoms with Crippen molar-refractivity contribution in [1.29, 1.82) is 0 Å². The Labute approximate surface area is 162 Å². The highest BCUT2D eigenvalue weighted by molar-refractivity contribution is 7.99. The quantitative estimate of drug-likeness (QED) is 0.245. The van der Waals surface area contributed by atoms with Gasteiger partial charge in [0.1, 0.15) is 31.7 Å². The van der Waals surface area contributed by atoms with Crippen LogP contribution in [0.1, 0.15) is 19.5 Å². The number of pyridine rings is 1. The maximum Gasteiger partial charge on any atom is 0.251 e. The van der Waals surface area contributed by atoms with E-state index < -0.39 is 15.9 Å². The van der Waals surface area contributed by atoms with Crippen LogP contribution in [0, 0.1) is 0 Å². The summed E-state index contributed by atoms with van der Waals surface area (Å²) in [6.07, 6.45) is 1.07. The van der Waals surface area contributed by atoms with Crippen molar-refractivity contribution in [2.45, 2.75) is 37.6 Å².